The number of nitrogens with one attached hydrogen (secondary N) is 1. The van der Waals surface area contributed by atoms with Gasteiger partial charge in [-0.3, -0.25) is 14.9 Å². The number of anilines is 1. The topological polar surface area (TPSA) is 108 Å². The Morgan fingerprint density at radius 3 is 2.78 bits per heavy atom. The number of aromatic nitrogens is 1. The zero-order valence-electron chi connectivity index (χ0n) is 13.7. The van der Waals surface area contributed by atoms with Crippen molar-refractivity contribution in [1.29, 1.82) is 0 Å². The summed E-state index contributed by atoms with van der Waals surface area (Å²) in [4.78, 5) is 26.0. The fourth-order valence-electron chi connectivity index (χ4n) is 2.29. The number of ether oxygens (including phenoxy) is 1. The second-order valence-electron chi connectivity index (χ2n) is 5.25. The summed E-state index contributed by atoms with van der Waals surface area (Å²) in [5.41, 5.74) is 1.11. The highest BCUT2D eigenvalue weighted by Gasteiger charge is 2.18. The molecule has 0 saturated carbocycles. The molecule has 0 fully saturated rings. The highest BCUT2D eigenvalue weighted by atomic mass is 35.5. The molecule has 0 atom stereocenters. The van der Waals surface area contributed by atoms with E-state index in [2.05, 4.69) is 10.3 Å². The molecule has 0 radical (unpaired) electrons. The van der Waals surface area contributed by atoms with E-state index < -0.39 is 4.92 Å². The Kier molecular flexibility index (Phi) is 5.29. The number of nitro groups is 1. The third-order valence-corrected chi connectivity index (χ3v) is 4.11. The number of carbonyl (C=O) groups excluding carboxylic acids is 1. The van der Waals surface area contributed by atoms with Gasteiger partial charge in [0.25, 0.3) is 5.69 Å². The predicted molar refractivity (Wildman–Crippen MR) is 101 cm³/mol. The Labute approximate surface area is 162 Å². The van der Waals surface area contributed by atoms with Gasteiger partial charge in [-0.05, 0) is 24.3 Å². The molecule has 0 bridgehead atoms. The Hall–Kier alpha value is -3.10. The van der Waals surface area contributed by atoms with Gasteiger partial charge in [0.2, 0.25) is 5.89 Å². The van der Waals surface area contributed by atoms with Crippen molar-refractivity contribution in [1.82, 2.24) is 4.98 Å². The molecule has 10 heteroatoms. The Bertz CT molecular complexity index is 1080. The SMILES string of the molecule is COc1cc([N+](=O)[O-])c(Cl)cc1N/C=C(\C=O)c1nc2cc(Cl)ccc2o1. The summed E-state index contributed by atoms with van der Waals surface area (Å²) in [5, 5.41) is 14.2. The number of aldehydes is 1. The highest BCUT2D eigenvalue weighted by Crippen LogP contribution is 2.36. The summed E-state index contributed by atoms with van der Waals surface area (Å²) < 4.78 is 10.7. The first kappa shape index (κ1) is 18.7. The molecule has 1 N–H and O–H groups in total. The lowest BCUT2D eigenvalue weighted by molar-refractivity contribution is -0.384. The van der Waals surface area contributed by atoms with Gasteiger partial charge in [0.15, 0.2) is 11.9 Å². The van der Waals surface area contributed by atoms with Crippen LogP contribution in [0.3, 0.4) is 0 Å². The standard InChI is InChI=1S/C17H11Cl2N3O5/c1-26-16-6-14(22(24)25)11(19)5-12(16)20-7-9(8-23)17-21-13-4-10(18)2-3-15(13)27-17/h2-8,20H,1H3/b9-7+. The number of nitro benzene ring substituents is 1. The van der Waals surface area contributed by atoms with Crippen molar-refractivity contribution in [2.24, 2.45) is 0 Å². The van der Waals surface area contributed by atoms with Crippen LogP contribution < -0.4 is 10.1 Å². The molecular weight excluding hydrogens is 397 g/mol. The van der Waals surface area contributed by atoms with E-state index in [1.54, 1.807) is 18.2 Å². The number of methoxy groups -OCH3 is 1. The first-order valence-electron chi connectivity index (χ1n) is 7.43. The second-order valence-corrected chi connectivity index (χ2v) is 6.10. The maximum atomic E-state index is 11.5. The monoisotopic (exact) mass is 407 g/mol. The number of hydrogen-bond donors (Lipinski definition) is 1. The molecule has 0 saturated heterocycles. The van der Waals surface area contributed by atoms with E-state index in [4.69, 9.17) is 32.4 Å². The van der Waals surface area contributed by atoms with Crippen LogP contribution in [0, 0.1) is 10.1 Å². The maximum absolute atomic E-state index is 11.5. The minimum absolute atomic E-state index is 0.0825. The summed E-state index contributed by atoms with van der Waals surface area (Å²) >= 11 is 11.8. The Morgan fingerprint density at radius 2 is 2.11 bits per heavy atom. The van der Waals surface area contributed by atoms with E-state index in [-0.39, 0.29) is 27.9 Å². The highest BCUT2D eigenvalue weighted by molar-refractivity contribution is 6.33. The van der Waals surface area contributed by atoms with Gasteiger partial charge in [0, 0.05) is 11.2 Å². The van der Waals surface area contributed by atoms with Crippen molar-refractivity contribution in [2.45, 2.75) is 0 Å². The molecule has 0 aliphatic rings. The van der Waals surface area contributed by atoms with Crippen molar-refractivity contribution >= 4 is 57.5 Å². The molecule has 2 aromatic carbocycles. The van der Waals surface area contributed by atoms with Crippen LogP contribution in [-0.4, -0.2) is 23.3 Å². The van der Waals surface area contributed by atoms with E-state index in [1.165, 1.54) is 25.4 Å². The minimum Gasteiger partial charge on any atom is -0.494 e. The van der Waals surface area contributed by atoms with Crippen LogP contribution in [0.4, 0.5) is 11.4 Å². The third kappa shape index (κ3) is 3.86. The van der Waals surface area contributed by atoms with Gasteiger partial charge in [-0.2, -0.15) is 0 Å². The molecule has 3 rings (SSSR count). The quantitative estimate of drug-likeness (QED) is 0.273. The number of oxazole rings is 1. The molecule has 3 aromatic rings. The van der Waals surface area contributed by atoms with Gasteiger partial charge in [0.05, 0.1) is 29.4 Å². The largest absolute Gasteiger partial charge is 0.494 e. The van der Waals surface area contributed by atoms with Crippen LogP contribution in [0.1, 0.15) is 5.89 Å². The lowest BCUT2D eigenvalue weighted by atomic mass is 10.2. The normalized spacial score (nSPS) is 11.4. The number of nitrogens with zero attached hydrogens (tertiary/aromatic N) is 2. The Balaban J connectivity index is 1.96. The molecular formula is C17H11Cl2N3O5. The fraction of sp³-hybridized carbons (Fsp3) is 0.0588. The summed E-state index contributed by atoms with van der Waals surface area (Å²) in [5.74, 6) is 0.263. The number of hydrogen-bond acceptors (Lipinski definition) is 7. The van der Waals surface area contributed by atoms with E-state index in [0.717, 1.165) is 0 Å². The van der Waals surface area contributed by atoms with Crippen LogP contribution >= 0.6 is 23.2 Å². The van der Waals surface area contributed by atoms with Crippen LogP contribution in [-0.2, 0) is 4.79 Å². The molecule has 1 heterocycles. The van der Waals surface area contributed by atoms with Crippen molar-refractivity contribution < 1.29 is 18.9 Å². The third-order valence-electron chi connectivity index (χ3n) is 3.57. The molecule has 0 aliphatic carbocycles. The molecule has 0 aliphatic heterocycles. The number of fused-ring (bicyclic) bond motifs is 1. The van der Waals surface area contributed by atoms with Crippen molar-refractivity contribution in [2.75, 3.05) is 12.4 Å². The van der Waals surface area contributed by atoms with Gasteiger partial charge in [-0.1, -0.05) is 23.2 Å². The van der Waals surface area contributed by atoms with Gasteiger partial charge in [-0.25, -0.2) is 4.98 Å². The van der Waals surface area contributed by atoms with Gasteiger partial charge >= 0.3 is 0 Å². The van der Waals surface area contributed by atoms with Crippen LogP contribution in [0.5, 0.6) is 5.75 Å². The van der Waals surface area contributed by atoms with E-state index >= 15 is 0 Å². The Morgan fingerprint density at radius 1 is 1.33 bits per heavy atom. The van der Waals surface area contributed by atoms with Crippen LogP contribution in [0.2, 0.25) is 10.0 Å². The summed E-state index contributed by atoms with van der Waals surface area (Å²) in [6.45, 7) is 0. The number of rotatable bonds is 6. The van der Waals surface area contributed by atoms with Gasteiger partial charge < -0.3 is 14.5 Å². The summed E-state index contributed by atoms with van der Waals surface area (Å²) in [7, 11) is 1.35. The number of halogens is 2. The first-order valence-corrected chi connectivity index (χ1v) is 8.18. The maximum Gasteiger partial charge on any atom is 0.291 e. The number of allylic oxidation sites excluding steroid dienone is 1. The number of benzene rings is 2. The lowest BCUT2D eigenvalue weighted by Crippen LogP contribution is -1.98. The molecule has 0 spiro atoms. The average molecular weight is 408 g/mol. The molecule has 27 heavy (non-hydrogen) atoms. The van der Waals surface area contributed by atoms with Crippen molar-refractivity contribution in [3.05, 3.63) is 62.6 Å². The van der Waals surface area contributed by atoms with E-state index in [1.807, 2.05) is 0 Å². The number of carbonyl (C=O) groups is 1. The molecule has 138 valence electrons. The molecule has 0 amide bonds. The zero-order chi connectivity index (χ0) is 19.6. The predicted octanol–water partition coefficient (Wildman–Crippen LogP) is 4.70. The summed E-state index contributed by atoms with van der Waals surface area (Å²) in [6.07, 6.45) is 1.89. The smallest absolute Gasteiger partial charge is 0.291 e. The van der Waals surface area contributed by atoms with E-state index in [9.17, 15) is 14.9 Å². The molecule has 0 unspecified atom stereocenters. The minimum atomic E-state index is -0.620. The molecule has 1 aromatic heterocycles. The van der Waals surface area contributed by atoms with Gasteiger partial charge in [-0.15, -0.1) is 0 Å². The molecule has 8 nitrogen and oxygen atoms in total. The van der Waals surface area contributed by atoms with Crippen molar-refractivity contribution in [3.63, 3.8) is 0 Å². The average Bonchev–Trinajstić information content (AvgIpc) is 3.04. The second kappa shape index (κ2) is 7.65. The van der Waals surface area contributed by atoms with E-state index in [0.29, 0.717) is 28.1 Å². The van der Waals surface area contributed by atoms with Gasteiger partial charge in [0.1, 0.15) is 16.3 Å². The zero-order valence-corrected chi connectivity index (χ0v) is 15.2. The van der Waals surface area contributed by atoms with Crippen LogP contribution in [0.25, 0.3) is 16.7 Å². The lowest BCUT2D eigenvalue weighted by Gasteiger charge is -2.09. The fourth-order valence-corrected chi connectivity index (χ4v) is 2.69. The first-order chi connectivity index (χ1) is 12.9. The van der Waals surface area contributed by atoms with Crippen LogP contribution in [0.15, 0.2) is 40.9 Å². The van der Waals surface area contributed by atoms with Crippen molar-refractivity contribution in [3.8, 4) is 5.75 Å². The summed E-state index contributed by atoms with van der Waals surface area (Å²) in [6, 6.07) is 7.40.